The lowest BCUT2D eigenvalue weighted by Gasteiger charge is -2.27. The molecule has 0 aromatic carbocycles. The molecule has 1 heteroatoms. The highest BCUT2D eigenvalue weighted by Gasteiger charge is 2.22. The highest BCUT2D eigenvalue weighted by Crippen LogP contribution is 2.33. The molecule has 0 nitrogen and oxygen atoms in total. The van der Waals surface area contributed by atoms with Crippen LogP contribution in [0, 0.1) is 5.41 Å². The van der Waals surface area contributed by atoms with E-state index in [2.05, 4.69) is 26.0 Å². The average molecular weight is 145 g/mol. The third kappa shape index (κ3) is 2.02. The molecule has 1 rings (SSSR count). The lowest BCUT2D eigenvalue weighted by atomic mass is 9.81. The van der Waals surface area contributed by atoms with Crippen LogP contribution >= 0.6 is 11.6 Å². The molecule has 0 N–H and O–H groups in total. The summed E-state index contributed by atoms with van der Waals surface area (Å²) >= 11 is 5.91. The zero-order valence-electron chi connectivity index (χ0n) is 6.02. The quantitative estimate of drug-likeness (QED) is 0.362. The average Bonchev–Trinajstić information content (AvgIpc) is 1.60. The largest absolute Gasteiger partial charge is 0.118 e. The van der Waals surface area contributed by atoms with Gasteiger partial charge in [0, 0.05) is 0 Å². The highest BCUT2D eigenvalue weighted by molar-refractivity contribution is 6.21. The number of rotatable bonds is 0. The van der Waals surface area contributed by atoms with Crippen LogP contribution in [0.25, 0.3) is 0 Å². The van der Waals surface area contributed by atoms with Gasteiger partial charge in [-0.25, -0.2) is 0 Å². The van der Waals surface area contributed by atoms with Crippen molar-refractivity contribution in [2.24, 2.45) is 5.41 Å². The van der Waals surface area contributed by atoms with Crippen molar-refractivity contribution >= 4 is 11.6 Å². The summed E-state index contributed by atoms with van der Waals surface area (Å²) in [5.74, 6) is 0. The van der Waals surface area contributed by atoms with Crippen LogP contribution in [0.5, 0.6) is 0 Å². The predicted octanol–water partition coefficient (Wildman–Crippen LogP) is 2.97. The summed E-state index contributed by atoms with van der Waals surface area (Å²) in [7, 11) is 0. The molecular weight excluding hydrogens is 132 g/mol. The molecule has 1 aliphatic rings. The number of hydrogen-bond acceptors (Lipinski definition) is 0. The lowest BCUT2D eigenvalue weighted by molar-refractivity contribution is 0.333. The van der Waals surface area contributed by atoms with Crippen LogP contribution in [-0.2, 0) is 0 Å². The van der Waals surface area contributed by atoms with Gasteiger partial charge in [-0.05, 0) is 18.3 Å². The normalized spacial score (nSPS) is 32.6. The van der Waals surface area contributed by atoms with Crippen molar-refractivity contribution in [2.75, 3.05) is 0 Å². The summed E-state index contributed by atoms with van der Waals surface area (Å²) in [6, 6.07) is 0. The Morgan fingerprint density at radius 2 is 2.22 bits per heavy atom. The molecule has 52 valence electrons. The molecular formula is C8H13Cl. The second kappa shape index (κ2) is 2.34. The van der Waals surface area contributed by atoms with E-state index < -0.39 is 0 Å². The van der Waals surface area contributed by atoms with E-state index in [1.54, 1.807) is 0 Å². The molecule has 1 atom stereocenters. The maximum Gasteiger partial charge on any atom is 0.0521 e. The molecule has 0 amide bonds. The number of allylic oxidation sites excluding steroid dienone is 2. The smallest absolute Gasteiger partial charge is 0.0521 e. The Kier molecular flexibility index (Phi) is 1.85. The van der Waals surface area contributed by atoms with Gasteiger partial charge in [-0.1, -0.05) is 26.0 Å². The minimum absolute atomic E-state index is 0.272. The van der Waals surface area contributed by atoms with E-state index in [4.69, 9.17) is 11.6 Å². The molecule has 0 saturated heterocycles. The van der Waals surface area contributed by atoms with Gasteiger partial charge in [-0.15, -0.1) is 11.6 Å². The molecule has 0 radical (unpaired) electrons. The van der Waals surface area contributed by atoms with Gasteiger partial charge in [0.1, 0.15) is 0 Å². The van der Waals surface area contributed by atoms with Gasteiger partial charge < -0.3 is 0 Å². The number of alkyl halides is 1. The van der Waals surface area contributed by atoms with Gasteiger partial charge in [-0.2, -0.15) is 0 Å². The molecule has 0 bridgehead atoms. The topological polar surface area (TPSA) is 0 Å². The SMILES string of the molecule is CC1(C)CC=CC(Cl)C1. The molecule has 0 saturated carbocycles. The van der Waals surface area contributed by atoms with E-state index in [0.29, 0.717) is 5.41 Å². The van der Waals surface area contributed by atoms with Crippen LogP contribution < -0.4 is 0 Å². The second-order valence-corrected chi connectivity index (χ2v) is 4.08. The van der Waals surface area contributed by atoms with Gasteiger partial charge >= 0.3 is 0 Å². The predicted molar refractivity (Wildman–Crippen MR) is 41.8 cm³/mol. The van der Waals surface area contributed by atoms with E-state index in [1.165, 1.54) is 6.42 Å². The van der Waals surface area contributed by atoms with Gasteiger partial charge in [0.15, 0.2) is 0 Å². The zero-order chi connectivity index (χ0) is 6.91. The van der Waals surface area contributed by atoms with Crippen molar-refractivity contribution in [3.8, 4) is 0 Å². The van der Waals surface area contributed by atoms with Crippen molar-refractivity contribution < 1.29 is 0 Å². The summed E-state index contributed by atoms with van der Waals surface area (Å²) in [4.78, 5) is 0. The third-order valence-corrected chi connectivity index (χ3v) is 2.06. The van der Waals surface area contributed by atoms with Crippen LogP contribution in [0.2, 0.25) is 0 Å². The van der Waals surface area contributed by atoms with Crippen molar-refractivity contribution in [2.45, 2.75) is 32.1 Å². The van der Waals surface area contributed by atoms with E-state index in [9.17, 15) is 0 Å². The Labute approximate surface area is 61.9 Å². The maximum atomic E-state index is 5.91. The fourth-order valence-corrected chi connectivity index (χ4v) is 1.73. The number of halogens is 1. The standard InChI is InChI=1S/C8H13Cl/c1-8(2)5-3-4-7(9)6-8/h3-4,7H,5-6H2,1-2H3. The van der Waals surface area contributed by atoms with E-state index >= 15 is 0 Å². The van der Waals surface area contributed by atoms with E-state index in [0.717, 1.165) is 6.42 Å². The first-order valence-corrected chi connectivity index (χ1v) is 3.84. The first-order valence-electron chi connectivity index (χ1n) is 3.41. The highest BCUT2D eigenvalue weighted by atomic mass is 35.5. The molecule has 1 aliphatic carbocycles. The number of hydrogen-bond donors (Lipinski definition) is 0. The molecule has 0 fully saturated rings. The van der Waals surface area contributed by atoms with Crippen molar-refractivity contribution in [3.05, 3.63) is 12.2 Å². The van der Waals surface area contributed by atoms with Crippen molar-refractivity contribution in [3.63, 3.8) is 0 Å². The first-order chi connectivity index (χ1) is 4.10. The molecule has 0 aromatic rings. The molecule has 1 unspecified atom stereocenters. The summed E-state index contributed by atoms with van der Waals surface area (Å²) < 4.78 is 0. The van der Waals surface area contributed by atoms with Crippen LogP contribution in [-0.4, -0.2) is 5.38 Å². The monoisotopic (exact) mass is 144 g/mol. The third-order valence-electron chi connectivity index (χ3n) is 1.76. The van der Waals surface area contributed by atoms with E-state index in [-0.39, 0.29) is 5.38 Å². The van der Waals surface area contributed by atoms with Crippen LogP contribution in [0.15, 0.2) is 12.2 Å². The van der Waals surface area contributed by atoms with E-state index in [1.807, 2.05) is 0 Å². The van der Waals surface area contributed by atoms with Gasteiger partial charge in [0.2, 0.25) is 0 Å². The summed E-state index contributed by atoms with van der Waals surface area (Å²) in [6.07, 6.45) is 6.56. The summed E-state index contributed by atoms with van der Waals surface area (Å²) in [5.41, 5.74) is 0.432. The molecule has 0 heterocycles. The van der Waals surface area contributed by atoms with Gasteiger partial charge in [-0.3, -0.25) is 0 Å². The van der Waals surface area contributed by atoms with Crippen molar-refractivity contribution in [1.82, 2.24) is 0 Å². The van der Waals surface area contributed by atoms with Crippen LogP contribution in [0.1, 0.15) is 26.7 Å². The zero-order valence-corrected chi connectivity index (χ0v) is 6.78. The van der Waals surface area contributed by atoms with Crippen molar-refractivity contribution in [1.29, 1.82) is 0 Å². The Morgan fingerprint density at radius 1 is 1.56 bits per heavy atom. The lowest BCUT2D eigenvalue weighted by Crippen LogP contribution is -2.18. The van der Waals surface area contributed by atoms with Crippen LogP contribution in [0.4, 0.5) is 0 Å². The summed E-state index contributed by atoms with van der Waals surface area (Å²) in [6.45, 7) is 4.51. The van der Waals surface area contributed by atoms with Gasteiger partial charge in [0.05, 0.1) is 5.38 Å². The molecule has 9 heavy (non-hydrogen) atoms. The van der Waals surface area contributed by atoms with Crippen LogP contribution in [0.3, 0.4) is 0 Å². The fraction of sp³-hybridized carbons (Fsp3) is 0.750. The van der Waals surface area contributed by atoms with Gasteiger partial charge in [0.25, 0.3) is 0 Å². The molecule has 0 aromatic heterocycles. The Balaban J connectivity index is 2.58. The first kappa shape index (κ1) is 7.14. The minimum atomic E-state index is 0.272. The molecule has 0 aliphatic heterocycles. The summed E-state index contributed by atoms with van der Waals surface area (Å²) in [5, 5.41) is 0.272. The fourth-order valence-electron chi connectivity index (χ4n) is 1.21. The Hall–Kier alpha value is 0.0300. The Bertz CT molecular complexity index is 125. The Morgan fingerprint density at radius 3 is 2.56 bits per heavy atom. The minimum Gasteiger partial charge on any atom is -0.118 e. The molecule has 0 spiro atoms. The second-order valence-electron chi connectivity index (χ2n) is 3.52. The maximum absolute atomic E-state index is 5.91.